The van der Waals surface area contributed by atoms with Gasteiger partial charge in [-0.15, -0.1) is 0 Å². The summed E-state index contributed by atoms with van der Waals surface area (Å²) in [6, 6.07) is 6.77. The van der Waals surface area contributed by atoms with Crippen LogP contribution in [0.25, 0.3) is 0 Å². The molecule has 0 atom stereocenters. The Morgan fingerprint density at radius 1 is 1.14 bits per heavy atom. The van der Waals surface area contributed by atoms with Crippen molar-refractivity contribution in [2.45, 2.75) is 13.3 Å². The monoisotopic (exact) mass is 450 g/mol. The first-order chi connectivity index (χ1) is 13.5. The van der Waals surface area contributed by atoms with Crippen molar-refractivity contribution < 1.29 is 23.5 Å². The molecule has 0 radical (unpaired) electrons. The molecule has 0 bridgehead atoms. The van der Waals surface area contributed by atoms with Crippen LogP contribution >= 0.6 is 15.9 Å². The minimum Gasteiger partial charge on any atom is -0.493 e. The maximum atomic E-state index is 12.9. The normalized spacial score (nSPS) is 14.1. The van der Waals surface area contributed by atoms with Gasteiger partial charge in [-0.05, 0) is 46.6 Å². The van der Waals surface area contributed by atoms with Gasteiger partial charge in [0.1, 0.15) is 0 Å². The van der Waals surface area contributed by atoms with Crippen LogP contribution in [-0.4, -0.2) is 61.5 Å². The van der Waals surface area contributed by atoms with Crippen molar-refractivity contribution >= 4 is 27.7 Å². The van der Waals surface area contributed by atoms with Crippen molar-refractivity contribution in [3.05, 3.63) is 46.3 Å². The molecular weight excluding hydrogens is 428 g/mol. The van der Waals surface area contributed by atoms with E-state index in [0.717, 1.165) is 6.42 Å². The molecule has 0 unspecified atom stereocenters. The van der Waals surface area contributed by atoms with Crippen LogP contribution in [0.1, 0.15) is 34.3 Å². The highest BCUT2D eigenvalue weighted by Gasteiger charge is 2.27. The highest BCUT2D eigenvalue weighted by Crippen LogP contribution is 2.37. The number of rotatable bonds is 6. The summed E-state index contributed by atoms with van der Waals surface area (Å²) in [6.45, 7) is 4.42. The molecule has 0 saturated carbocycles. The fraction of sp³-hybridized carbons (Fsp3) is 0.400. The van der Waals surface area contributed by atoms with Crippen LogP contribution in [-0.2, 0) is 0 Å². The van der Waals surface area contributed by atoms with Gasteiger partial charge in [0.25, 0.3) is 11.8 Å². The van der Waals surface area contributed by atoms with Gasteiger partial charge in [0, 0.05) is 31.7 Å². The number of piperazine rings is 1. The molecule has 150 valence electrons. The number of furan rings is 1. The highest BCUT2D eigenvalue weighted by molar-refractivity contribution is 9.10. The van der Waals surface area contributed by atoms with Gasteiger partial charge >= 0.3 is 0 Å². The molecule has 2 aromatic rings. The lowest BCUT2D eigenvalue weighted by atomic mass is 10.1. The van der Waals surface area contributed by atoms with E-state index in [-0.39, 0.29) is 11.8 Å². The molecule has 28 heavy (non-hydrogen) atoms. The molecule has 0 N–H and O–H groups in total. The van der Waals surface area contributed by atoms with Crippen molar-refractivity contribution in [1.82, 2.24) is 9.80 Å². The van der Waals surface area contributed by atoms with Crippen LogP contribution in [0.3, 0.4) is 0 Å². The lowest BCUT2D eigenvalue weighted by Gasteiger charge is -2.34. The van der Waals surface area contributed by atoms with Crippen LogP contribution < -0.4 is 9.47 Å². The van der Waals surface area contributed by atoms with Crippen LogP contribution in [0.2, 0.25) is 0 Å². The SMILES string of the molecule is CCCOc1c(Br)cc(C(=O)N2CCN(C(=O)c3ccco3)CC2)cc1OC. The van der Waals surface area contributed by atoms with E-state index in [1.807, 2.05) is 6.92 Å². The third-order valence-corrected chi connectivity index (χ3v) is 5.10. The molecule has 0 spiro atoms. The van der Waals surface area contributed by atoms with E-state index in [1.54, 1.807) is 41.2 Å². The van der Waals surface area contributed by atoms with Crippen LogP contribution in [0.4, 0.5) is 0 Å². The molecule has 3 rings (SSSR count). The summed E-state index contributed by atoms with van der Waals surface area (Å²) in [5.41, 5.74) is 0.512. The fourth-order valence-corrected chi connectivity index (χ4v) is 3.60. The minimum atomic E-state index is -0.154. The van der Waals surface area contributed by atoms with E-state index in [2.05, 4.69) is 15.9 Å². The second-order valence-corrected chi connectivity index (χ2v) is 7.25. The molecule has 8 heteroatoms. The zero-order chi connectivity index (χ0) is 20.1. The van der Waals surface area contributed by atoms with E-state index < -0.39 is 0 Å². The van der Waals surface area contributed by atoms with Crippen LogP contribution in [0.5, 0.6) is 11.5 Å². The van der Waals surface area contributed by atoms with Crippen molar-refractivity contribution in [3.63, 3.8) is 0 Å². The van der Waals surface area contributed by atoms with Gasteiger partial charge < -0.3 is 23.7 Å². The molecule has 1 saturated heterocycles. The van der Waals surface area contributed by atoms with E-state index in [0.29, 0.717) is 60.1 Å². The number of amides is 2. The molecule has 1 aromatic carbocycles. The van der Waals surface area contributed by atoms with Gasteiger partial charge in [-0.3, -0.25) is 9.59 Å². The third-order valence-electron chi connectivity index (χ3n) is 4.51. The molecular formula is C20H23BrN2O5. The Labute approximate surface area is 172 Å². The molecule has 7 nitrogen and oxygen atoms in total. The van der Waals surface area contributed by atoms with Gasteiger partial charge in [0.15, 0.2) is 17.3 Å². The number of carbonyl (C=O) groups excluding carboxylic acids is 2. The maximum absolute atomic E-state index is 12.9. The lowest BCUT2D eigenvalue weighted by Crippen LogP contribution is -2.50. The minimum absolute atomic E-state index is 0.105. The molecule has 1 aliphatic heterocycles. The average Bonchev–Trinajstić information content (AvgIpc) is 3.26. The predicted molar refractivity (Wildman–Crippen MR) is 107 cm³/mol. The van der Waals surface area contributed by atoms with Crippen molar-refractivity contribution in [1.29, 1.82) is 0 Å². The van der Waals surface area contributed by atoms with Crippen molar-refractivity contribution in [3.8, 4) is 11.5 Å². The standard InChI is InChI=1S/C20H23BrN2O5/c1-3-10-28-18-15(21)12-14(13-17(18)26-2)19(24)22-6-8-23(9-7-22)20(25)16-5-4-11-27-16/h4-5,11-13H,3,6-10H2,1-2H3. The smallest absolute Gasteiger partial charge is 0.289 e. The highest BCUT2D eigenvalue weighted by atomic mass is 79.9. The number of nitrogens with zero attached hydrogens (tertiary/aromatic N) is 2. The lowest BCUT2D eigenvalue weighted by molar-refractivity contribution is 0.0518. The van der Waals surface area contributed by atoms with Gasteiger partial charge in [0.2, 0.25) is 0 Å². The number of hydrogen-bond acceptors (Lipinski definition) is 5. The van der Waals surface area contributed by atoms with E-state index >= 15 is 0 Å². The predicted octanol–water partition coefficient (Wildman–Crippen LogP) is 3.44. The second-order valence-electron chi connectivity index (χ2n) is 6.40. The summed E-state index contributed by atoms with van der Waals surface area (Å²) < 4.78 is 17.0. The average molecular weight is 451 g/mol. The fourth-order valence-electron chi connectivity index (χ4n) is 3.04. The number of halogens is 1. The second kappa shape index (κ2) is 9.14. The maximum Gasteiger partial charge on any atom is 0.289 e. The number of carbonyl (C=O) groups is 2. The molecule has 2 amide bonds. The quantitative estimate of drug-likeness (QED) is 0.673. The first kappa shape index (κ1) is 20.3. The summed E-state index contributed by atoms with van der Waals surface area (Å²) in [5, 5.41) is 0. The van der Waals surface area contributed by atoms with E-state index in [9.17, 15) is 9.59 Å². The molecule has 0 aliphatic carbocycles. The summed E-state index contributed by atoms with van der Waals surface area (Å²) >= 11 is 3.47. The zero-order valence-corrected chi connectivity index (χ0v) is 17.5. The van der Waals surface area contributed by atoms with E-state index in [4.69, 9.17) is 13.9 Å². The number of benzene rings is 1. The topological polar surface area (TPSA) is 72.2 Å². The Bertz CT molecular complexity index is 829. The Balaban J connectivity index is 1.68. The van der Waals surface area contributed by atoms with Crippen LogP contribution in [0, 0.1) is 0 Å². The number of hydrogen-bond donors (Lipinski definition) is 0. The summed E-state index contributed by atoms with van der Waals surface area (Å²) in [7, 11) is 1.55. The molecule has 1 aromatic heterocycles. The third kappa shape index (κ3) is 4.32. The largest absolute Gasteiger partial charge is 0.493 e. The first-order valence-corrected chi connectivity index (χ1v) is 9.96. The summed E-state index contributed by atoms with van der Waals surface area (Å²) in [6.07, 6.45) is 2.35. The molecule has 1 aliphatic rings. The van der Waals surface area contributed by atoms with E-state index in [1.165, 1.54) is 6.26 Å². The molecule has 1 fully saturated rings. The van der Waals surface area contributed by atoms with Gasteiger partial charge in [-0.2, -0.15) is 0 Å². The Morgan fingerprint density at radius 3 is 2.39 bits per heavy atom. The van der Waals surface area contributed by atoms with Crippen molar-refractivity contribution in [2.24, 2.45) is 0 Å². The van der Waals surface area contributed by atoms with Crippen LogP contribution in [0.15, 0.2) is 39.4 Å². The van der Waals surface area contributed by atoms with Crippen molar-refractivity contribution in [2.75, 3.05) is 39.9 Å². The van der Waals surface area contributed by atoms with Gasteiger partial charge in [0.05, 0.1) is 24.5 Å². The summed E-state index contributed by atoms with van der Waals surface area (Å²) in [5.74, 6) is 1.16. The Kier molecular flexibility index (Phi) is 6.61. The van der Waals surface area contributed by atoms with Gasteiger partial charge in [-0.1, -0.05) is 6.92 Å². The first-order valence-electron chi connectivity index (χ1n) is 9.17. The number of ether oxygens (including phenoxy) is 2. The zero-order valence-electron chi connectivity index (χ0n) is 15.9. The number of methoxy groups -OCH3 is 1. The Morgan fingerprint density at radius 2 is 1.82 bits per heavy atom. The van der Waals surface area contributed by atoms with Gasteiger partial charge in [-0.25, -0.2) is 0 Å². The Hall–Kier alpha value is -2.48. The molecule has 2 heterocycles. The summed E-state index contributed by atoms with van der Waals surface area (Å²) in [4.78, 5) is 28.7.